The molecular weight excluding hydrogens is 406 g/mol. The number of benzene rings is 2. The van der Waals surface area contributed by atoms with E-state index < -0.39 is 0 Å². The minimum atomic E-state index is -0.107. The first-order valence-corrected chi connectivity index (χ1v) is 11.8. The first-order valence-electron chi connectivity index (χ1n) is 10.8. The fraction of sp³-hybridized carbons (Fsp3) is 0.400. The van der Waals surface area contributed by atoms with Gasteiger partial charge in [0.1, 0.15) is 0 Å². The fourth-order valence-corrected chi connectivity index (χ4v) is 5.30. The molecule has 1 aromatic heterocycles. The van der Waals surface area contributed by atoms with Crippen LogP contribution in [0.2, 0.25) is 0 Å². The first kappa shape index (κ1) is 21.6. The van der Waals surface area contributed by atoms with Gasteiger partial charge in [-0.1, -0.05) is 43.8 Å². The van der Waals surface area contributed by atoms with E-state index in [1.807, 2.05) is 48.2 Å². The predicted molar refractivity (Wildman–Crippen MR) is 127 cm³/mol. The smallest absolute Gasteiger partial charge is 0.266 e. The van der Waals surface area contributed by atoms with Gasteiger partial charge in [0.05, 0.1) is 22.3 Å². The van der Waals surface area contributed by atoms with E-state index in [0.29, 0.717) is 27.9 Å². The maximum atomic E-state index is 13.4. The lowest BCUT2D eigenvalue weighted by molar-refractivity contribution is -0.130. The Labute approximate surface area is 187 Å². The van der Waals surface area contributed by atoms with Crippen molar-refractivity contribution in [1.29, 1.82) is 0 Å². The third-order valence-electron chi connectivity index (χ3n) is 6.04. The van der Waals surface area contributed by atoms with Crippen molar-refractivity contribution in [2.45, 2.75) is 39.3 Å². The van der Waals surface area contributed by atoms with E-state index in [1.54, 1.807) is 10.6 Å². The Bertz CT molecular complexity index is 1180. The molecule has 0 saturated carbocycles. The molecule has 4 rings (SSSR count). The number of piperidine rings is 1. The molecule has 0 unspecified atom stereocenters. The van der Waals surface area contributed by atoms with E-state index >= 15 is 0 Å². The van der Waals surface area contributed by atoms with E-state index in [0.717, 1.165) is 30.8 Å². The van der Waals surface area contributed by atoms with Crippen molar-refractivity contribution in [2.24, 2.45) is 11.8 Å². The van der Waals surface area contributed by atoms with E-state index in [-0.39, 0.29) is 17.2 Å². The van der Waals surface area contributed by atoms with Crippen molar-refractivity contribution < 1.29 is 4.79 Å². The highest BCUT2D eigenvalue weighted by Crippen LogP contribution is 2.25. The number of nitrogens with zero attached hydrogens (tertiary/aromatic N) is 3. The van der Waals surface area contributed by atoms with Crippen LogP contribution in [0.3, 0.4) is 0 Å². The second-order valence-electron chi connectivity index (χ2n) is 8.85. The summed E-state index contributed by atoms with van der Waals surface area (Å²) in [4.78, 5) is 33.1. The van der Waals surface area contributed by atoms with E-state index in [1.165, 1.54) is 17.3 Å². The summed E-state index contributed by atoms with van der Waals surface area (Å²) < 4.78 is 1.65. The number of aryl methyl sites for hydroxylation is 2. The van der Waals surface area contributed by atoms with Gasteiger partial charge in [-0.3, -0.25) is 14.2 Å². The molecule has 162 valence electrons. The average Bonchev–Trinajstić information content (AvgIpc) is 2.73. The van der Waals surface area contributed by atoms with Crippen molar-refractivity contribution in [3.05, 3.63) is 63.9 Å². The first-order chi connectivity index (χ1) is 14.8. The average molecular weight is 436 g/mol. The van der Waals surface area contributed by atoms with Gasteiger partial charge in [-0.2, -0.15) is 0 Å². The normalized spacial score (nSPS) is 19.0. The lowest BCUT2D eigenvalue weighted by atomic mass is 9.92. The van der Waals surface area contributed by atoms with Gasteiger partial charge in [0, 0.05) is 13.1 Å². The molecule has 0 radical (unpaired) electrons. The van der Waals surface area contributed by atoms with Gasteiger partial charge < -0.3 is 4.90 Å². The molecule has 1 fully saturated rings. The topological polar surface area (TPSA) is 55.2 Å². The van der Waals surface area contributed by atoms with Crippen LogP contribution < -0.4 is 5.56 Å². The number of aromatic nitrogens is 2. The molecule has 0 N–H and O–H groups in total. The van der Waals surface area contributed by atoms with Crippen molar-refractivity contribution in [3.63, 3.8) is 0 Å². The molecule has 5 nitrogen and oxygen atoms in total. The number of thioether (sulfide) groups is 1. The summed E-state index contributed by atoms with van der Waals surface area (Å²) in [5, 5.41) is 1.13. The van der Waals surface area contributed by atoms with Crippen LogP contribution in [0.4, 0.5) is 0 Å². The summed E-state index contributed by atoms with van der Waals surface area (Å²) in [6.07, 6.45) is 1.16. The number of fused-ring (bicyclic) bond motifs is 1. The number of carbonyl (C=O) groups excluding carboxylic acids is 1. The Hall–Kier alpha value is -2.60. The van der Waals surface area contributed by atoms with E-state index in [2.05, 4.69) is 20.8 Å². The maximum absolute atomic E-state index is 13.4. The van der Waals surface area contributed by atoms with Crippen molar-refractivity contribution in [3.8, 4) is 5.69 Å². The van der Waals surface area contributed by atoms with Gasteiger partial charge in [0.25, 0.3) is 5.56 Å². The Morgan fingerprint density at radius 3 is 2.48 bits per heavy atom. The molecule has 1 aliphatic heterocycles. The van der Waals surface area contributed by atoms with E-state index in [9.17, 15) is 9.59 Å². The second kappa shape index (κ2) is 8.87. The van der Waals surface area contributed by atoms with Crippen LogP contribution in [0, 0.1) is 25.7 Å². The molecule has 2 heterocycles. The van der Waals surface area contributed by atoms with Gasteiger partial charge in [0.2, 0.25) is 5.91 Å². The van der Waals surface area contributed by atoms with Gasteiger partial charge in [-0.15, -0.1) is 0 Å². The van der Waals surface area contributed by atoms with Crippen molar-refractivity contribution in [2.75, 3.05) is 18.8 Å². The minimum Gasteiger partial charge on any atom is -0.341 e. The summed E-state index contributed by atoms with van der Waals surface area (Å²) in [7, 11) is 0. The SMILES string of the molecule is Cc1ccc(-n2c(SCC(=O)N3C[C@H](C)C[C@H](C)C3)nc3ccccc3c2=O)cc1C. The quantitative estimate of drug-likeness (QED) is 0.444. The Morgan fingerprint density at radius 2 is 1.77 bits per heavy atom. The molecule has 3 aromatic rings. The molecule has 2 aromatic carbocycles. The van der Waals surface area contributed by atoms with Crippen molar-refractivity contribution >= 4 is 28.6 Å². The number of hydrogen-bond acceptors (Lipinski definition) is 4. The highest BCUT2D eigenvalue weighted by molar-refractivity contribution is 7.99. The Balaban J connectivity index is 1.70. The van der Waals surface area contributed by atoms with Crippen LogP contribution in [0.15, 0.2) is 52.4 Å². The number of likely N-dealkylation sites (tertiary alicyclic amines) is 1. The maximum Gasteiger partial charge on any atom is 0.266 e. The number of hydrogen-bond donors (Lipinski definition) is 0. The summed E-state index contributed by atoms with van der Waals surface area (Å²) >= 11 is 1.35. The zero-order chi connectivity index (χ0) is 22.1. The molecule has 2 atom stereocenters. The third kappa shape index (κ3) is 4.54. The molecule has 0 bridgehead atoms. The van der Waals surface area contributed by atoms with Crippen LogP contribution in [-0.4, -0.2) is 39.2 Å². The van der Waals surface area contributed by atoms with Crippen LogP contribution in [-0.2, 0) is 4.79 Å². The van der Waals surface area contributed by atoms with Crippen molar-refractivity contribution in [1.82, 2.24) is 14.5 Å². The highest BCUT2D eigenvalue weighted by atomic mass is 32.2. The Kier molecular flexibility index (Phi) is 6.19. The summed E-state index contributed by atoms with van der Waals surface area (Å²) in [6.45, 7) is 10.1. The zero-order valence-corrected chi connectivity index (χ0v) is 19.4. The number of amides is 1. The highest BCUT2D eigenvalue weighted by Gasteiger charge is 2.26. The predicted octanol–water partition coefficient (Wildman–Crippen LogP) is 4.60. The van der Waals surface area contributed by atoms with Crippen LogP contribution in [0.25, 0.3) is 16.6 Å². The monoisotopic (exact) mass is 435 g/mol. The molecular formula is C25H29N3O2S. The molecule has 0 aliphatic carbocycles. The zero-order valence-electron chi connectivity index (χ0n) is 18.6. The third-order valence-corrected chi connectivity index (χ3v) is 6.96. The van der Waals surface area contributed by atoms with Crippen LogP contribution in [0.1, 0.15) is 31.4 Å². The fourth-order valence-electron chi connectivity index (χ4n) is 4.39. The number of para-hydroxylation sites is 1. The van der Waals surface area contributed by atoms with Gasteiger partial charge in [-0.25, -0.2) is 4.98 Å². The summed E-state index contributed by atoms with van der Waals surface area (Å²) in [5.74, 6) is 1.42. The molecule has 1 saturated heterocycles. The lowest BCUT2D eigenvalue weighted by Gasteiger charge is -2.35. The number of rotatable bonds is 4. The molecule has 31 heavy (non-hydrogen) atoms. The largest absolute Gasteiger partial charge is 0.341 e. The van der Waals surface area contributed by atoms with Crippen LogP contribution >= 0.6 is 11.8 Å². The molecule has 1 amide bonds. The molecule has 0 spiro atoms. The van der Waals surface area contributed by atoms with Gasteiger partial charge in [0.15, 0.2) is 5.16 Å². The lowest BCUT2D eigenvalue weighted by Crippen LogP contribution is -2.43. The van der Waals surface area contributed by atoms with Gasteiger partial charge in [-0.05, 0) is 67.5 Å². The number of carbonyl (C=O) groups is 1. The minimum absolute atomic E-state index is 0.107. The Morgan fingerprint density at radius 1 is 1.06 bits per heavy atom. The van der Waals surface area contributed by atoms with E-state index in [4.69, 9.17) is 4.98 Å². The standard InChI is InChI=1S/C25H29N3O2S/c1-16-11-17(2)14-27(13-16)23(29)15-31-25-26-22-8-6-5-7-21(22)24(30)28(25)20-10-9-18(3)19(4)12-20/h5-10,12,16-17H,11,13-15H2,1-4H3/t16-,17+. The molecule has 1 aliphatic rings. The summed E-state index contributed by atoms with van der Waals surface area (Å²) in [5.41, 5.74) is 3.61. The van der Waals surface area contributed by atoms with Crippen LogP contribution in [0.5, 0.6) is 0 Å². The summed E-state index contributed by atoms with van der Waals surface area (Å²) in [6, 6.07) is 13.4. The second-order valence-corrected chi connectivity index (χ2v) is 9.80. The van der Waals surface area contributed by atoms with Gasteiger partial charge >= 0.3 is 0 Å². The molecule has 6 heteroatoms.